The Kier molecular flexibility index (Phi) is 5.35. The summed E-state index contributed by atoms with van der Waals surface area (Å²) in [6.45, 7) is 0.814. The van der Waals surface area contributed by atoms with E-state index in [-0.39, 0.29) is 17.0 Å². The highest BCUT2D eigenvalue weighted by atomic mass is 32.2. The van der Waals surface area contributed by atoms with Gasteiger partial charge in [0.15, 0.2) is 0 Å². The molecular weight excluding hydrogens is 345 g/mol. The molecule has 1 aliphatic rings. The second kappa shape index (κ2) is 7.67. The number of hydrogen-bond acceptors (Lipinski definition) is 5. The number of carbonyl (C=O) groups is 2. The lowest BCUT2D eigenvalue weighted by Gasteiger charge is -2.11. The Morgan fingerprint density at radius 2 is 1.96 bits per heavy atom. The molecule has 1 aromatic carbocycles. The smallest absolute Gasteiger partial charge is 0.293 e. The van der Waals surface area contributed by atoms with E-state index >= 15 is 0 Å². The number of thioether (sulfide) groups is 1. The van der Waals surface area contributed by atoms with Crippen molar-refractivity contribution in [3.8, 4) is 11.3 Å². The number of imide groups is 1. The summed E-state index contributed by atoms with van der Waals surface area (Å²) in [5.41, 5.74) is 0.730. The van der Waals surface area contributed by atoms with E-state index < -0.39 is 0 Å². The summed E-state index contributed by atoms with van der Waals surface area (Å²) in [6.07, 6.45) is 2.14. The lowest BCUT2D eigenvalue weighted by Crippen LogP contribution is -2.29. The molecule has 1 saturated heterocycles. The molecule has 0 aliphatic carbocycles. The molecule has 0 N–H and O–H groups in total. The highest BCUT2D eigenvalue weighted by Gasteiger charge is 2.34. The third-order valence-electron chi connectivity index (χ3n) is 3.63. The van der Waals surface area contributed by atoms with Crippen LogP contribution in [0.25, 0.3) is 17.4 Å². The first-order valence-corrected chi connectivity index (χ1v) is 8.50. The highest BCUT2D eigenvalue weighted by Crippen LogP contribution is 2.33. The molecule has 1 fully saturated rings. The van der Waals surface area contributed by atoms with Crippen LogP contribution in [-0.2, 0) is 9.53 Å². The lowest BCUT2D eigenvalue weighted by molar-refractivity contribution is -0.122. The number of benzene rings is 1. The van der Waals surface area contributed by atoms with Gasteiger partial charge in [-0.1, -0.05) is 0 Å². The zero-order chi connectivity index (χ0) is 17.8. The van der Waals surface area contributed by atoms with E-state index in [0.29, 0.717) is 36.0 Å². The van der Waals surface area contributed by atoms with Gasteiger partial charge in [-0.3, -0.25) is 14.5 Å². The quantitative estimate of drug-likeness (QED) is 0.571. The molecule has 0 atom stereocenters. The zero-order valence-electron chi connectivity index (χ0n) is 13.5. The van der Waals surface area contributed by atoms with E-state index in [1.54, 1.807) is 37.5 Å². The summed E-state index contributed by atoms with van der Waals surface area (Å²) in [7, 11) is 1.57. The first-order chi connectivity index (χ1) is 12.1. The van der Waals surface area contributed by atoms with E-state index in [4.69, 9.17) is 9.15 Å². The first-order valence-electron chi connectivity index (χ1n) is 7.68. The Morgan fingerprint density at radius 1 is 1.20 bits per heavy atom. The van der Waals surface area contributed by atoms with Crippen molar-refractivity contribution in [2.75, 3.05) is 20.3 Å². The van der Waals surface area contributed by atoms with Crippen LogP contribution in [0.1, 0.15) is 12.2 Å². The van der Waals surface area contributed by atoms with Crippen LogP contribution in [-0.4, -0.2) is 36.3 Å². The van der Waals surface area contributed by atoms with Gasteiger partial charge in [-0.15, -0.1) is 0 Å². The van der Waals surface area contributed by atoms with Crippen molar-refractivity contribution in [2.45, 2.75) is 6.42 Å². The topological polar surface area (TPSA) is 59.8 Å². The molecule has 2 heterocycles. The van der Waals surface area contributed by atoms with Crippen molar-refractivity contribution in [2.24, 2.45) is 0 Å². The largest absolute Gasteiger partial charge is 0.457 e. The summed E-state index contributed by atoms with van der Waals surface area (Å²) in [5.74, 6) is 0.371. The number of ether oxygens (including phenoxy) is 1. The molecule has 0 radical (unpaired) electrons. The van der Waals surface area contributed by atoms with Crippen LogP contribution in [0.15, 0.2) is 45.7 Å². The van der Waals surface area contributed by atoms with Crippen LogP contribution in [0.4, 0.5) is 9.18 Å². The normalized spacial score (nSPS) is 16.2. The Balaban J connectivity index is 1.74. The average molecular weight is 361 g/mol. The van der Waals surface area contributed by atoms with E-state index in [2.05, 4.69) is 0 Å². The average Bonchev–Trinajstić information content (AvgIpc) is 3.16. The minimum absolute atomic E-state index is 0.294. The van der Waals surface area contributed by atoms with Gasteiger partial charge in [0, 0.05) is 31.9 Å². The minimum atomic E-state index is -0.328. The number of rotatable bonds is 6. The fourth-order valence-corrected chi connectivity index (χ4v) is 3.23. The van der Waals surface area contributed by atoms with Gasteiger partial charge in [0.05, 0.1) is 4.91 Å². The van der Waals surface area contributed by atoms with Crippen molar-refractivity contribution in [3.05, 3.63) is 52.9 Å². The second-order valence-electron chi connectivity index (χ2n) is 5.39. The highest BCUT2D eigenvalue weighted by molar-refractivity contribution is 8.18. The molecule has 25 heavy (non-hydrogen) atoms. The van der Waals surface area contributed by atoms with Crippen LogP contribution in [0, 0.1) is 5.82 Å². The van der Waals surface area contributed by atoms with E-state index in [1.165, 1.54) is 17.0 Å². The van der Waals surface area contributed by atoms with Crippen molar-refractivity contribution < 1.29 is 23.1 Å². The molecule has 3 rings (SSSR count). The maximum absolute atomic E-state index is 13.0. The van der Waals surface area contributed by atoms with Gasteiger partial charge in [0.1, 0.15) is 17.3 Å². The van der Waals surface area contributed by atoms with Crippen LogP contribution in [0.5, 0.6) is 0 Å². The zero-order valence-corrected chi connectivity index (χ0v) is 14.3. The monoisotopic (exact) mass is 361 g/mol. The number of carbonyl (C=O) groups excluding carboxylic acids is 2. The van der Waals surface area contributed by atoms with Crippen molar-refractivity contribution in [1.29, 1.82) is 0 Å². The molecule has 0 spiro atoms. The van der Waals surface area contributed by atoms with Crippen LogP contribution in [0.2, 0.25) is 0 Å². The molecule has 0 bridgehead atoms. The third kappa shape index (κ3) is 4.00. The number of amides is 2. The number of halogens is 1. The summed E-state index contributed by atoms with van der Waals surface area (Å²) in [5, 5.41) is -0.294. The third-order valence-corrected chi connectivity index (χ3v) is 4.54. The van der Waals surface area contributed by atoms with E-state index in [0.717, 1.165) is 17.3 Å². The second-order valence-corrected chi connectivity index (χ2v) is 6.38. The number of hydrogen-bond donors (Lipinski definition) is 0. The standard InChI is InChI=1S/C18H16FNO4S/c1-23-10-2-9-20-17(21)16(25-18(20)22)11-14-7-8-15(24-14)12-3-5-13(19)6-4-12/h3-8,11H,2,9-10H2,1H3/b16-11+. The van der Waals surface area contributed by atoms with Gasteiger partial charge in [-0.2, -0.15) is 0 Å². The van der Waals surface area contributed by atoms with Gasteiger partial charge >= 0.3 is 0 Å². The molecule has 2 aromatic rings. The predicted molar refractivity (Wildman–Crippen MR) is 93.3 cm³/mol. The van der Waals surface area contributed by atoms with Gasteiger partial charge in [-0.05, 0) is 54.6 Å². The number of methoxy groups -OCH3 is 1. The van der Waals surface area contributed by atoms with Crippen molar-refractivity contribution in [3.63, 3.8) is 0 Å². The predicted octanol–water partition coefficient (Wildman–Crippen LogP) is 4.16. The van der Waals surface area contributed by atoms with Crippen LogP contribution < -0.4 is 0 Å². The van der Waals surface area contributed by atoms with Gasteiger partial charge in [0.25, 0.3) is 11.1 Å². The fourth-order valence-electron chi connectivity index (χ4n) is 2.39. The van der Waals surface area contributed by atoms with Gasteiger partial charge in [-0.25, -0.2) is 4.39 Å². The Morgan fingerprint density at radius 3 is 2.68 bits per heavy atom. The summed E-state index contributed by atoms with van der Waals surface area (Å²) in [4.78, 5) is 25.8. The maximum atomic E-state index is 13.0. The summed E-state index contributed by atoms with van der Waals surface area (Å²) < 4.78 is 23.6. The lowest BCUT2D eigenvalue weighted by atomic mass is 10.2. The maximum Gasteiger partial charge on any atom is 0.293 e. The molecule has 1 aliphatic heterocycles. The molecular formula is C18H16FNO4S. The first kappa shape index (κ1) is 17.4. The summed E-state index contributed by atoms with van der Waals surface area (Å²) in [6, 6.07) is 9.37. The molecule has 1 aromatic heterocycles. The Hall–Kier alpha value is -2.38. The minimum Gasteiger partial charge on any atom is -0.457 e. The molecule has 0 saturated carbocycles. The van der Waals surface area contributed by atoms with Crippen molar-refractivity contribution in [1.82, 2.24) is 4.90 Å². The fraction of sp³-hybridized carbons (Fsp3) is 0.222. The molecule has 7 heteroatoms. The Labute approximate surface area is 148 Å². The number of nitrogens with zero attached hydrogens (tertiary/aromatic N) is 1. The molecule has 2 amide bonds. The Bertz CT molecular complexity index is 813. The van der Waals surface area contributed by atoms with Crippen LogP contribution >= 0.6 is 11.8 Å². The van der Waals surface area contributed by atoms with Crippen molar-refractivity contribution >= 4 is 29.0 Å². The van der Waals surface area contributed by atoms with Gasteiger partial charge in [0.2, 0.25) is 0 Å². The molecule has 5 nitrogen and oxygen atoms in total. The number of furan rings is 1. The van der Waals surface area contributed by atoms with E-state index in [9.17, 15) is 14.0 Å². The molecule has 0 unspecified atom stereocenters. The van der Waals surface area contributed by atoms with Crippen LogP contribution in [0.3, 0.4) is 0 Å². The molecule has 130 valence electrons. The SMILES string of the molecule is COCCCN1C(=O)S/C(=C/c2ccc(-c3ccc(F)cc3)o2)C1=O. The summed E-state index contributed by atoms with van der Waals surface area (Å²) >= 11 is 0.890. The van der Waals surface area contributed by atoms with Gasteiger partial charge < -0.3 is 9.15 Å². The van der Waals surface area contributed by atoms with E-state index in [1.807, 2.05) is 0 Å².